The van der Waals surface area contributed by atoms with E-state index in [-0.39, 0.29) is 31.3 Å². The van der Waals surface area contributed by atoms with Crippen molar-refractivity contribution in [3.05, 3.63) is 71.2 Å². The number of hydrogen-bond acceptors (Lipinski definition) is 4. The van der Waals surface area contributed by atoms with Gasteiger partial charge >= 0.3 is 0 Å². The lowest BCUT2D eigenvalue weighted by Gasteiger charge is -2.29. The Hall–Kier alpha value is -3.10. The van der Waals surface area contributed by atoms with Crippen LogP contribution < -0.4 is 9.62 Å². The van der Waals surface area contributed by atoms with E-state index in [1.165, 1.54) is 4.31 Å². The number of sulfonamides is 1. The van der Waals surface area contributed by atoms with E-state index in [1.54, 1.807) is 42.2 Å². The third-order valence-electron chi connectivity index (χ3n) is 6.42. The Labute approximate surface area is 217 Å². The molecule has 36 heavy (non-hydrogen) atoms. The SMILES string of the molecule is CCCNC(=O)C(C)N(Cc1ccc(Cl)cc1)C(=O)CCCN1c2cccc3cccc(c23)S1(=O)=O. The number of anilines is 1. The van der Waals surface area contributed by atoms with E-state index in [0.717, 1.165) is 22.8 Å². The largest absolute Gasteiger partial charge is 0.354 e. The summed E-state index contributed by atoms with van der Waals surface area (Å²) in [4.78, 5) is 27.9. The van der Waals surface area contributed by atoms with Gasteiger partial charge in [0.1, 0.15) is 6.04 Å². The minimum atomic E-state index is -3.68. The third-order valence-corrected chi connectivity index (χ3v) is 8.52. The lowest BCUT2D eigenvalue weighted by molar-refractivity contribution is -0.140. The maximum absolute atomic E-state index is 13.3. The highest BCUT2D eigenvalue weighted by Crippen LogP contribution is 2.42. The Balaban J connectivity index is 1.48. The number of benzene rings is 3. The Morgan fingerprint density at radius 2 is 1.75 bits per heavy atom. The molecule has 4 rings (SSSR count). The zero-order valence-corrected chi connectivity index (χ0v) is 22.0. The molecule has 3 aromatic carbocycles. The molecule has 190 valence electrons. The summed E-state index contributed by atoms with van der Waals surface area (Å²) in [6.45, 7) is 4.63. The van der Waals surface area contributed by atoms with Crippen LogP contribution >= 0.6 is 11.6 Å². The van der Waals surface area contributed by atoms with Crippen LogP contribution in [0.5, 0.6) is 0 Å². The van der Waals surface area contributed by atoms with Crippen LogP contribution in [0.3, 0.4) is 0 Å². The first-order chi connectivity index (χ1) is 17.2. The summed E-state index contributed by atoms with van der Waals surface area (Å²) in [7, 11) is -3.68. The van der Waals surface area contributed by atoms with E-state index in [0.29, 0.717) is 28.6 Å². The fourth-order valence-corrected chi connectivity index (χ4v) is 6.36. The van der Waals surface area contributed by atoms with Gasteiger partial charge in [-0.05, 0) is 55.0 Å². The molecule has 0 fully saturated rings. The molecule has 0 saturated heterocycles. The molecular weight excluding hydrogens is 498 g/mol. The fourth-order valence-electron chi connectivity index (χ4n) is 4.48. The molecule has 1 unspecified atom stereocenters. The van der Waals surface area contributed by atoms with E-state index >= 15 is 0 Å². The number of carbonyl (C=O) groups is 2. The maximum atomic E-state index is 13.3. The summed E-state index contributed by atoms with van der Waals surface area (Å²) in [5.74, 6) is -0.431. The van der Waals surface area contributed by atoms with Crippen molar-refractivity contribution in [2.45, 2.75) is 50.6 Å². The van der Waals surface area contributed by atoms with Gasteiger partial charge in [-0.2, -0.15) is 0 Å². The van der Waals surface area contributed by atoms with Gasteiger partial charge in [-0.3, -0.25) is 13.9 Å². The molecule has 2 amide bonds. The number of halogens is 1. The van der Waals surface area contributed by atoms with E-state index < -0.39 is 16.1 Å². The molecule has 3 aromatic rings. The number of hydrogen-bond donors (Lipinski definition) is 1. The summed E-state index contributed by atoms with van der Waals surface area (Å²) < 4.78 is 27.8. The topological polar surface area (TPSA) is 86.8 Å². The molecule has 0 aromatic heterocycles. The molecule has 0 bridgehead atoms. The number of amides is 2. The van der Waals surface area contributed by atoms with Gasteiger partial charge in [0, 0.05) is 36.5 Å². The van der Waals surface area contributed by atoms with Gasteiger partial charge in [0.2, 0.25) is 11.8 Å². The standard InChI is InChI=1S/C27H30ClN3O4S/c1-3-16-29-27(33)19(2)30(18-20-12-14-22(28)15-13-20)25(32)11-6-17-31-23-9-4-7-21-8-5-10-24(26(21)23)36(31,34)35/h4-5,7-10,12-15,19H,3,6,11,16-18H2,1-2H3,(H,29,33). The minimum Gasteiger partial charge on any atom is -0.354 e. The Morgan fingerprint density at radius 1 is 1.06 bits per heavy atom. The van der Waals surface area contributed by atoms with Crippen LogP contribution in [0.25, 0.3) is 10.8 Å². The maximum Gasteiger partial charge on any atom is 0.265 e. The zero-order valence-electron chi connectivity index (χ0n) is 20.4. The molecule has 0 spiro atoms. The van der Waals surface area contributed by atoms with Crippen LogP contribution in [0.15, 0.2) is 65.6 Å². The van der Waals surface area contributed by atoms with E-state index in [2.05, 4.69) is 5.32 Å². The lowest BCUT2D eigenvalue weighted by atomic mass is 10.1. The first-order valence-corrected chi connectivity index (χ1v) is 13.9. The van der Waals surface area contributed by atoms with Crippen LogP contribution in [0.4, 0.5) is 5.69 Å². The highest BCUT2D eigenvalue weighted by molar-refractivity contribution is 7.93. The van der Waals surface area contributed by atoms with Crippen molar-refractivity contribution in [2.75, 3.05) is 17.4 Å². The first-order valence-electron chi connectivity index (χ1n) is 12.1. The molecule has 1 atom stereocenters. The molecule has 0 aliphatic carbocycles. The van der Waals surface area contributed by atoms with E-state index in [4.69, 9.17) is 11.6 Å². The molecule has 0 radical (unpaired) electrons. The number of nitrogens with one attached hydrogen (secondary N) is 1. The summed E-state index contributed by atoms with van der Waals surface area (Å²) >= 11 is 6.00. The van der Waals surface area contributed by atoms with Crippen molar-refractivity contribution in [3.8, 4) is 0 Å². The molecular formula is C27H30ClN3O4S. The van der Waals surface area contributed by atoms with Gasteiger partial charge in [0.25, 0.3) is 10.0 Å². The average molecular weight is 528 g/mol. The second-order valence-corrected chi connectivity index (χ2v) is 11.2. The molecule has 1 N–H and O–H groups in total. The summed E-state index contributed by atoms with van der Waals surface area (Å²) in [6, 6.07) is 17.3. The lowest BCUT2D eigenvalue weighted by Crippen LogP contribution is -2.47. The normalized spacial score (nSPS) is 14.6. The zero-order chi connectivity index (χ0) is 25.9. The summed E-state index contributed by atoms with van der Waals surface area (Å²) in [5.41, 5.74) is 1.49. The van der Waals surface area contributed by atoms with Crippen LogP contribution in [0, 0.1) is 0 Å². The second kappa shape index (κ2) is 10.9. The molecule has 1 aliphatic heterocycles. The van der Waals surface area contributed by atoms with Gasteiger partial charge in [0.05, 0.1) is 10.6 Å². The monoisotopic (exact) mass is 527 g/mol. The van der Waals surface area contributed by atoms with Crippen molar-refractivity contribution in [3.63, 3.8) is 0 Å². The van der Waals surface area contributed by atoms with Crippen molar-refractivity contribution in [1.82, 2.24) is 10.2 Å². The molecule has 1 heterocycles. The van der Waals surface area contributed by atoms with E-state index in [9.17, 15) is 18.0 Å². The highest BCUT2D eigenvalue weighted by atomic mass is 35.5. The van der Waals surface area contributed by atoms with Crippen molar-refractivity contribution in [1.29, 1.82) is 0 Å². The van der Waals surface area contributed by atoms with Crippen molar-refractivity contribution >= 4 is 49.9 Å². The van der Waals surface area contributed by atoms with Crippen LogP contribution in [-0.4, -0.2) is 44.3 Å². The highest BCUT2D eigenvalue weighted by Gasteiger charge is 2.35. The Kier molecular flexibility index (Phi) is 7.85. The summed E-state index contributed by atoms with van der Waals surface area (Å²) in [5, 5.41) is 5.03. The van der Waals surface area contributed by atoms with Gasteiger partial charge in [-0.1, -0.05) is 54.9 Å². The predicted octanol–water partition coefficient (Wildman–Crippen LogP) is 4.73. The second-order valence-electron chi connectivity index (χ2n) is 8.93. The Morgan fingerprint density at radius 3 is 2.44 bits per heavy atom. The van der Waals surface area contributed by atoms with Gasteiger partial charge in [0.15, 0.2) is 0 Å². The average Bonchev–Trinajstić information content (AvgIpc) is 3.09. The molecule has 7 nitrogen and oxygen atoms in total. The molecule has 9 heteroatoms. The predicted molar refractivity (Wildman–Crippen MR) is 142 cm³/mol. The molecule has 0 saturated carbocycles. The smallest absolute Gasteiger partial charge is 0.265 e. The van der Waals surface area contributed by atoms with Crippen LogP contribution in [0.2, 0.25) is 5.02 Å². The first kappa shape index (κ1) is 26.0. The van der Waals surface area contributed by atoms with Gasteiger partial charge < -0.3 is 10.2 Å². The summed E-state index contributed by atoms with van der Waals surface area (Å²) in [6.07, 6.45) is 1.23. The number of rotatable bonds is 10. The van der Waals surface area contributed by atoms with Gasteiger partial charge in [-0.15, -0.1) is 0 Å². The van der Waals surface area contributed by atoms with E-state index in [1.807, 2.05) is 37.3 Å². The number of nitrogens with zero attached hydrogens (tertiary/aromatic N) is 2. The quantitative estimate of drug-likeness (QED) is 0.413. The minimum absolute atomic E-state index is 0.108. The van der Waals surface area contributed by atoms with Crippen molar-refractivity contribution < 1.29 is 18.0 Å². The number of carbonyl (C=O) groups excluding carboxylic acids is 2. The van der Waals surface area contributed by atoms with Crippen LogP contribution in [-0.2, 0) is 26.2 Å². The fraction of sp³-hybridized carbons (Fsp3) is 0.333. The van der Waals surface area contributed by atoms with Crippen LogP contribution in [0.1, 0.15) is 38.7 Å². The van der Waals surface area contributed by atoms with Crippen molar-refractivity contribution in [2.24, 2.45) is 0 Å². The molecule has 1 aliphatic rings. The Bertz CT molecular complexity index is 1370. The third kappa shape index (κ3) is 5.20. The van der Waals surface area contributed by atoms with Gasteiger partial charge in [-0.25, -0.2) is 8.42 Å².